The van der Waals surface area contributed by atoms with Crippen molar-refractivity contribution in [3.63, 3.8) is 0 Å². The van der Waals surface area contributed by atoms with Crippen LogP contribution in [-0.4, -0.2) is 59.6 Å². The third-order valence-electron chi connectivity index (χ3n) is 7.90. The first-order valence-electron chi connectivity index (χ1n) is 12.7. The fourth-order valence-electron chi connectivity index (χ4n) is 5.77. The number of carbonyl (C=O) groups is 2. The summed E-state index contributed by atoms with van der Waals surface area (Å²) in [5, 5.41) is 3.10. The highest BCUT2D eigenvalue weighted by atomic mass is 16.6. The van der Waals surface area contributed by atoms with Crippen molar-refractivity contribution >= 4 is 11.9 Å². The zero-order chi connectivity index (χ0) is 24.6. The van der Waals surface area contributed by atoms with Gasteiger partial charge in [-0.05, 0) is 75.4 Å². The highest BCUT2D eigenvalue weighted by molar-refractivity contribution is 6.07. The third-order valence-corrected chi connectivity index (χ3v) is 7.90. The van der Waals surface area contributed by atoms with E-state index in [9.17, 15) is 9.59 Å². The molecule has 0 aliphatic carbocycles. The van der Waals surface area contributed by atoms with Crippen LogP contribution in [0.15, 0.2) is 42.5 Å². The van der Waals surface area contributed by atoms with Crippen LogP contribution in [0.1, 0.15) is 42.9 Å². The number of rotatable bonds is 6. The van der Waals surface area contributed by atoms with Gasteiger partial charge in [-0.1, -0.05) is 42.8 Å². The molecule has 7 nitrogen and oxygen atoms in total. The molecule has 2 aromatic carbocycles. The molecular formula is C28H35N3O4. The third kappa shape index (κ3) is 4.49. The number of urea groups is 1. The lowest BCUT2D eigenvalue weighted by Crippen LogP contribution is -2.56. The van der Waals surface area contributed by atoms with Gasteiger partial charge >= 0.3 is 6.03 Å². The van der Waals surface area contributed by atoms with E-state index < -0.39 is 5.54 Å². The van der Waals surface area contributed by atoms with Crippen molar-refractivity contribution in [1.82, 2.24) is 15.1 Å². The van der Waals surface area contributed by atoms with Crippen molar-refractivity contribution in [2.45, 2.75) is 58.2 Å². The smallest absolute Gasteiger partial charge is 0.325 e. The first kappa shape index (κ1) is 23.7. The molecule has 0 aromatic heterocycles. The number of aryl methyl sites for hydroxylation is 2. The van der Waals surface area contributed by atoms with Gasteiger partial charge in [-0.2, -0.15) is 0 Å². The Labute approximate surface area is 207 Å². The second-order valence-corrected chi connectivity index (χ2v) is 10.1. The molecular weight excluding hydrogens is 442 g/mol. The van der Waals surface area contributed by atoms with Crippen molar-refractivity contribution in [2.24, 2.45) is 5.92 Å². The number of hydrogen-bond donors (Lipinski definition) is 1. The van der Waals surface area contributed by atoms with Gasteiger partial charge in [-0.3, -0.25) is 14.6 Å². The number of ether oxygens (including phenoxy) is 2. The molecule has 0 unspecified atom stereocenters. The SMILES string of the molecule is CC[C@@]1(C2CCN(Cc3cc(C)ccc3C)CC2)NC(=O)N(C[C@@H]2COc3ccccc3O2)C1=O. The van der Waals surface area contributed by atoms with E-state index in [2.05, 4.69) is 42.3 Å². The Hall–Kier alpha value is -3.06. The highest BCUT2D eigenvalue weighted by Crippen LogP contribution is 2.37. The van der Waals surface area contributed by atoms with Gasteiger partial charge < -0.3 is 14.8 Å². The average Bonchev–Trinajstić information content (AvgIpc) is 3.12. The summed E-state index contributed by atoms with van der Waals surface area (Å²) in [4.78, 5) is 30.5. The molecule has 5 rings (SSSR count). The Morgan fingerprint density at radius 1 is 1.06 bits per heavy atom. The molecule has 0 radical (unpaired) electrons. The number of para-hydroxylation sites is 2. The monoisotopic (exact) mass is 477 g/mol. The molecule has 7 heteroatoms. The van der Waals surface area contributed by atoms with Crippen LogP contribution in [0, 0.1) is 19.8 Å². The number of hydrogen-bond acceptors (Lipinski definition) is 5. The van der Waals surface area contributed by atoms with Crippen LogP contribution in [0.25, 0.3) is 0 Å². The standard InChI is InChI=1S/C28H35N3O4/c1-4-28(22-11-13-30(14-12-22)16-21-15-19(2)9-10-20(21)3)26(32)31(27(33)29-28)17-23-18-34-24-7-5-6-8-25(24)35-23/h5-10,15,22-23H,4,11-14,16-18H2,1-3H3,(H,29,33)/t23-,28+/m1/s1. The molecule has 35 heavy (non-hydrogen) atoms. The van der Waals surface area contributed by atoms with Crippen molar-refractivity contribution in [3.8, 4) is 11.5 Å². The molecule has 186 valence electrons. The average molecular weight is 478 g/mol. The van der Waals surface area contributed by atoms with E-state index in [-0.39, 0.29) is 30.5 Å². The summed E-state index contributed by atoms with van der Waals surface area (Å²) < 4.78 is 11.8. The maximum absolute atomic E-state index is 13.7. The molecule has 2 aromatic rings. The Balaban J connectivity index is 1.23. The molecule has 3 amide bonds. The van der Waals surface area contributed by atoms with Gasteiger partial charge in [0.15, 0.2) is 17.6 Å². The van der Waals surface area contributed by atoms with Gasteiger partial charge in [0.1, 0.15) is 12.1 Å². The number of imide groups is 1. The zero-order valence-electron chi connectivity index (χ0n) is 20.9. The van der Waals surface area contributed by atoms with Gasteiger partial charge in [0.2, 0.25) is 0 Å². The number of fused-ring (bicyclic) bond motifs is 1. The number of nitrogens with zero attached hydrogens (tertiary/aromatic N) is 2. The van der Waals surface area contributed by atoms with Crippen LogP contribution in [0.4, 0.5) is 4.79 Å². The van der Waals surface area contributed by atoms with E-state index >= 15 is 0 Å². The van der Waals surface area contributed by atoms with Crippen molar-refractivity contribution in [2.75, 3.05) is 26.2 Å². The second-order valence-electron chi connectivity index (χ2n) is 10.1. The minimum atomic E-state index is -0.837. The van der Waals surface area contributed by atoms with Crippen LogP contribution >= 0.6 is 0 Å². The molecule has 0 spiro atoms. The van der Waals surface area contributed by atoms with Gasteiger partial charge in [0.05, 0.1) is 6.54 Å². The Morgan fingerprint density at radius 3 is 2.54 bits per heavy atom. The van der Waals surface area contributed by atoms with Crippen LogP contribution in [0.5, 0.6) is 11.5 Å². The molecule has 2 saturated heterocycles. The summed E-state index contributed by atoms with van der Waals surface area (Å²) in [6.45, 7) is 9.54. The second kappa shape index (κ2) is 9.53. The van der Waals surface area contributed by atoms with E-state index in [0.717, 1.165) is 32.5 Å². The summed E-state index contributed by atoms with van der Waals surface area (Å²) in [6.07, 6.45) is 1.97. The molecule has 3 aliphatic rings. The zero-order valence-corrected chi connectivity index (χ0v) is 20.9. The summed E-state index contributed by atoms with van der Waals surface area (Å²) in [5.41, 5.74) is 3.12. The van der Waals surface area contributed by atoms with Gasteiger partial charge in [-0.25, -0.2) is 4.79 Å². The number of amides is 3. The number of carbonyl (C=O) groups excluding carboxylic acids is 2. The summed E-state index contributed by atoms with van der Waals surface area (Å²) in [5.74, 6) is 1.33. The van der Waals surface area contributed by atoms with Crippen molar-refractivity contribution in [1.29, 1.82) is 0 Å². The van der Waals surface area contributed by atoms with Crippen LogP contribution in [0.3, 0.4) is 0 Å². The van der Waals surface area contributed by atoms with E-state index in [4.69, 9.17) is 9.47 Å². The molecule has 1 N–H and O–H groups in total. The lowest BCUT2D eigenvalue weighted by molar-refractivity contribution is -0.135. The quantitative estimate of drug-likeness (QED) is 0.636. The topological polar surface area (TPSA) is 71.1 Å². The van der Waals surface area contributed by atoms with E-state index in [1.807, 2.05) is 31.2 Å². The van der Waals surface area contributed by atoms with E-state index in [0.29, 0.717) is 24.5 Å². The van der Waals surface area contributed by atoms with Crippen LogP contribution < -0.4 is 14.8 Å². The van der Waals surface area contributed by atoms with E-state index in [1.165, 1.54) is 21.6 Å². The van der Waals surface area contributed by atoms with Gasteiger partial charge in [0, 0.05) is 6.54 Å². The van der Waals surface area contributed by atoms with Gasteiger partial charge in [-0.15, -0.1) is 0 Å². The van der Waals surface area contributed by atoms with E-state index in [1.54, 1.807) is 0 Å². The first-order chi connectivity index (χ1) is 16.9. The fourth-order valence-corrected chi connectivity index (χ4v) is 5.77. The van der Waals surface area contributed by atoms with Crippen LogP contribution in [-0.2, 0) is 11.3 Å². The minimum Gasteiger partial charge on any atom is -0.486 e. The maximum Gasteiger partial charge on any atom is 0.325 e. The number of nitrogens with one attached hydrogen (secondary N) is 1. The summed E-state index contributed by atoms with van der Waals surface area (Å²) >= 11 is 0. The number of likely N-dealkylation sites (tertiary alicyclic amines) is 1. The summed E-state index contributed by atoms with van der Waals surface area (Å²) in [6, 6.07) is 13.8. The predicted octanol–water partition coefficient (Wildman–Crippen LogP) is 4.06. The molecule has 3 aliphatic heterocycles. The molecule has 2 atom stereocenters. The first-order valence-corrected chi connectivity index (χ1v) is 12.7. The Morgan fingerprint density at radius 2 is 1.80 bits per heavy atom. The fraction of sp³-hybridized carbons (Fsp3) is 0.500. The minimum absolute atomic E-state index is 0.119. The largest absolute Gasteiger partial charge is 0.486 e. The van der Waals surface area contributed by atoms with Crippen molar-refractivity contribution in [3.05, 3.63) is 59.2 Å². The Bertz CT molecular complexity index is 1110. The van der Waals surface area contributed by atoms with Crippen LogP contribution in [0.2, 0.25) is 0 Å². The lowest BCUT2D eigenvalue weighted by Gasteiger charge is -2.40. The molecule has 0 saturated carbocycles. The maximum atomic E-state index is 13.7. The normalized spacial score (nSPS) is 25.1. The van der Waals surface area contributed by atoms with Crippen molar-refractivity contribution < 1.29 is 19.1 Å². The molecule has 0 bridgehead atoms. The highest BCUT2D eigenvalue weighted by Gasteiger charge is 2.55. The molecule has 3 heterocycles. The van der Waals surface area contributed by atoms with Gasteiger partial charge in [0.25, 0.3) is 5.91 Å². The number of piperidine rings is 1. The predicted molar refractivity (Wildman–Crippen MR) is 134 cm³/mol. The number of benzene rings is 2. The summed E-state index contributed by atoms with van der Waals surface area (Å²) in [7, 11) is 0. The lowest BCUT2D eigenvalue weighted by atomic mass is 9.75. The Kier molecular flexibility index (Phi) is 6.45. The molecule has 2 fully saturated rings.